The number of aliphatic hydroxyl groups is 2. The van der Waals surface area contributed by atoms with Gasteiger partial charge in [0, 0.05) is 12.8 Å². The normalized spacial score (nSPS) is 13.0. The molecule has 1 amide bonds. The number of allylic oxidation sites excluding steroid dienone is 6. The lowest BCUT2D eigenvalue weighted by Gasteiger charge is -2.22. The standard InChI is InChI=1S/C52H97NO5/c1-3-5-7-9-11-13-15-16-23-26-30-34-38-42-46-52(57)58-47-43-39-35-31-27-24-21-19-17-18-20-22-25-29-33-37-41-45-51(56)53-49(48-54)50(55)44-40-36-32-28-14-12-10-8-6-4-2/h9,11,15-17,19,49-50,54-55H,3-8,10,12-14,18,20-48H2,1-2H3,(H,53,56)/b11-9-,16-15-,19-17-. The van der Waals surface area contributed by atoms with Crippen molar-refractivity contribution in [2.24, 2.45) is 0 Å². The molecule has 2 atom stereocenters. The predicted molar refractivity (Wildman–Crippen MR) is 250 cm³/mol. The van der Waals surface area contributed by atoms with Crippen LogP contribution in [0, 0.1) is 0 Å². The van der Waals surface area contributed by atoms with E-state index < -0.39 is 12.1 Å². The number of esters is 1. The Kier molecular flexibility index (Phi) is 46.2. The Balaban J connectivity index is 3.46. The van der Waals surface area contributed by atoms with Crippen LogP contribution in [-0.4, -0.2) is 47.4 Å². The van der Waals surface area contributed by atoms with Gasteiger partial charge >= 0.3 is 5.97 Å². The van der Waals surface area contributed by atoms with Gasteiger partial charge in [0.15, 0.2) is 0 Å². The smallest absolute Gasteiger partial charge is 0.305 e. The van der Waals surface area contributed by atoms with Crippen molar-refractivity contribution in [1.29, 1.82) is 0 Å². The largest absolute Gasteiger partial charge is 0.466 e. The number of rotatable bonds is 46. The van der Waals surface area contributed by atoms with E-state index >= 15 is 0 Å². The van der Waals surface area contributed by atoms with Gasteiger partial charge in [-0.1, -0.05) is 204 Å². The molecule has 6 nitrogen and oxygen atoms in total. The summed E-state index contributed by atoms with van der Waals surface area (Å²) in [6, 6.07) is -0.549. The maximum atomic E-state index is 12.4. The van der Waals surface area contributed by atoms with Crippen molar-refractivity contribution in [3.8, 4) is 0 Å². The Hall–Kier alpha value is -1.92. The van der Waals surface area contributed by atoms with Crippen molar-refractivity contribution in [3.05, 3.63) is 36.5 Å². The number of hydrogen-bond acceptors (Lipinski definition) is 5. The van der Waals surface area contributed by atoms with Crippen LogP contribution in [0.5, 0.6) is 0 Å². The number of aliphatic hydroxyl groups excluding tert-OH is 2. The maximum Gasteiger partial charge on any atom is 0.305 e. The van der Waals surface area contributed by atoms with Gasteiger partial charge < -0.3 is 20.3 Å². The quantitative estimate of drug-likeness (QED) is 0.0323. The topological polar surface area (TPSA) is 95.9 Å². The van der Waals surface area contributed by atoms with Crippen molar-refractivity contribution >= 4 is 11.9 Å². The highest BCUT2D eigenvalue weighted by Gasteiger charge is 2.20. The van der Waals surface area contributed by atoms with Gasteiger partial charge in [0.1, 0.15) is 0 Å². The van der Waals surface area contributed by atoms with E-state index in [4.69, 9.17) is 4.74 Å². The molecule has 0 fully saturated rings. The molecule has 0 heterocycles. The minimum absolute atomic E-state index is 0.0173. The molecular formula is C52H97NO5. The number of carbonyl (C=O) groups excluding carboxylic acids is 2. The molecule has 0 aromatic carbocycles. The van der Waals surface area contributed by atoms with Gasteiger partial charge in [0.25, 0.3) is 0 Å². The van der Waals surface area contributed by atoms with E-state index in [1.807, 2.05) is 0 Å². The van der Waals surface area contributed by atoms with E-state index in [0.717, 1.165) is 64.2 Å². The fourth-order valence-corrected chi connectivity index (χ4v) is 7.47. The minimum atomic E-state index is -0.670. The number of hydrogen-bond donors (Lipinski definition) is 3. The predicted octanol–water partition coefficient (Wildman–Crippen LogP) is 14.9. The second-order valence-electron chi connectivity index (χ2n) is 17.1. The Morgan fingerprint density at radius 1 is 0.483 bits per heavy atom. The highest BCUT2D eigenvalue weighted by molar-refractivity contribution is 5.76. The molecule has 0 aromatic rings. The summed E-state index contributed by atoms with van der Waals surface area (Å²) < 4.78 is 5.45. The monoisotopic (exact) mass is 816 g/mol. The van der Waals surface area contributed by atoms with E-state index in [0.29, 0.717) is 25.9 Å². The molecule has 0 aliphatic carbocycles. The molecule has 0 aromatic heterocycles. The number of unbranched alkanes of at least 4 members (excludes halogenated alkanes) is 29. The first kappa shape index (κ1) is 56.1. The molecule has 3 N–H and O–H groups in total. The molecule has 0 rings (SSSR count). The molecule has 58 heavy (non-hydrogen) atoms. The summed E-state index contributed by atoms with van der Waals surface area (Å²) in [6.45, 7) is 4.86. The second-order valence-corrected chi connectivity index (χ2v) is 17.1. The summed E-state index contributed by atoms with van der Waals surface area (Å²) in [5, 5.41) is 23.1. The van der Waals surface area contributed by atoms with Crippen LogP contribution in [0.1, 0.15) is 258 Å². The van der Waals surface area contributed by atoms with Crippen molar-refractivity contribution in [2.75, 3.05) is 13.2 Å². The molecule has 0 bridgehead atoms. The number of amides is 1. The van der Waals surface area contributed by atoms with Crippen molar-refractivity contribution < 1.29 is 24.5 Å². The van der Waals surface area contributed by atoms with Crippen LogP contribution in [0.2, 0.25) is 0 Å². The Labute approximate surface area is 360 Å². The molecule has 0 aliphatic heterocycles. The number of ether oxygens (including phenoxy) is 1. The van der Waals surface area contributed by atoms with Gasteiger partial charge in [-0.25, -0.2) is 0 Å². The SMILES string of the molecule is CCCC/C=C\C/C=C\CCCCCCCC(=O)OCCCCCCCC/C=C\CCCCCCCCCC(=O)NC(CO)C(O)CCCCCCCCCCCC. The Morgan fingerprint density at radius 2 is 0.879 bits per heavy atom. The van der Waals surface area contributed by atoms with E-state index in [2.05, 4.69) is 55.6 Å². The van der Waals surface area contributed by atoms with Crippen LogP contribution in [0.3, 0.4) is 0 Å². The summed E-state index contributed by atoms with van der Waals surface area (Å²) in [5.74, 6) is -0.0675. The lowest BCUT2D eigenvalue weighted by molar-refractivity contribution is -0.143. The zero-order chi connectivity index (χ0) is 42.3. The van der Waals surface area contributed by atoms with Gasteiger partial charge in [-0.05, 0) is 77.0 Å². The second kappa shape index (κ2) is 47.8. The average Bonchev–Trinajstić information content (AvgIpc) is 3.22. The lowest BCUT2D eigenvalue weighted by atomic mass is 10.0. The molecule has 0 saturated carbocycles. The van der Waals surface area contributed by atoms with Gasteiger partial charge in [0.05, 0.1) is 25.4 Å². The van der Waals surface area contributed by atoms with Gasteiger partial charge in [0.2, 0.25) is 5.91 Å². The van der Waals surface area contributed by atoms with Crippen LogP contribution in [-0.2, 0) is 14.3 Å². The van der Waals surface area contributed by atoms with E-state index in [-0.39, 0.29) is 18.5 Å². The van der Waals surface area contributed by atoms with E-state index in [1.54, 1.807) is 0 Å². The third kappa shape index (κ3) is 43.7. The average molecular weight is 816 g/mol. The molecule has 0 spiro atoms. The van der Waals surface area contributed by atoms with Gasteiger partial charge in [-0.3, -0.25) is 9.59 Å². The first-order chi connectivity index (χ1) is 28.5. The summed E-state index contributed by atoms with van der Waals surface area (Å²) in [5.41, 5.74) is 0. The number of carbonyl (C=O) groups is 2. The Bertz CT molecular complexity index is 946. The highest BCUT2D eigenvalue weighted by Crippen LogP contribution is 2.15. The van der Waals surface area contributed by atoms with Crippen molar-refractivity contribution in [3.63, 3.8) is 0 Å². The first-order valence-corrected chi connectivity index (χ1v) is 25.2. The van der Waals surface area contributed by atoms with E-state index in [1.165, 1.54) is 161 Å². The van der Waals surface area contributed by atoms with Crippen molar-refractivity contribution in [2.45, 2.75) is 270 Å². The third-order valence-electron chi connectivity index (χ3n) is 11.4. The third-order valence-corrected chi connectivity index (χ3v) is 11.4. The summed E-state index contributed by atoms with van der Waals surface area (Å²) in [4.78, 5) is 24.4. The van der Waals surface area contributed by atoms with E-state index in [9.17, 15) is 19.8 Å². The minimum Gasteiger partial charge on any atom is -0.466 e. The van der Waals surface area contributed by atoms with Gasteiger partial charge in [-0.2, -0.15) is 0 Å². The molecule has 2 unspecified atom stereocenters. The van der Waals surface area contributed by atoms with Crippen LogP contribution in [0.15, 0.2) is 36.5 Å². The molecular weight excluding hydrogens is 719 g/mol. The molecule has 0 aliphatic rings. The zero-order valence-electron chi connectivity index (χ0n) is 38.5. The molecule has 0 radical (unpaired) electrons. The number of nitrogens with one attached hydrogen (secondary N) is 1. The molecule has 340 valence electrons. The molecule has 0 saturated heterocycles. The Morgan fingerprint density at radius 3 is 1.38 bits per heavy atom. The van der Waals surface area contributed by atoms with Crippen LogP contribution in [0.4, 0.5) is 0 Å². The first-order valence-electron chi connectivity index (χ1n) is 25.2. The fraction of sp³-hybridized carbons (Fsp3) is 0.846. The summed E-state index contributed by atoms with van der Waals surface area (Å²) >= 11 is 0. The van der Waals surface area contributed by atoms with Crippen LogP contribution < -0.4 is 5.32 Å². The maximum absolute atomic E-state index is 12.4. The lowest BCUT2D eigenvalue weighted by Crippen LogP contribution is -2.45. The summed E-state index contributed by atoms with van der Waals surface area (Å²) in [6.07, 6.45) is 56.8. The van der Waals surface area contributed by atoms with Gasteiger partial charge in [-0.15, -0.1) is 0 Å². The van der Waals surface area contributed by atoms with Crippen molar-refractivity contribution in [1.82, 2.24) is 5.32 Å². The zero-order valence-corrected chi connectivity index (χ0v) is 38.5. The fourth-order valence-electron chi connectivity index (χ4n) is 7.47. The summed E-state index contributed by atoms with van der Waals surface area (Å²) in [7, 11) is 0. The van der Waals surface area contributed by atoms with Crippen LogP contribution in [0.25, 0.3) is 0 Å². The highest BCUT2D eigenvalue weighted by atomic mass is 16.5. The van der Waals surface area contributed by atoms with Crippen LogP contribution >= 0.6 is 0 Å². The molecule has 6 heteroatoms.